The van der Waals surface area contributed by atoms with E-state index in [1.807, 2.05) is 7.11 Å². The normalized spacial score (nSPS) is 19.7. The van der Waals surface area contributed by atoms with E-state index in [9.17, 15) is 0 Å². The minimum atomic E-state index is 0.239. The highest BCUT2D eigenvalue weighted by Crippen LogP contribution is 2.30. The van der Waals surface area contributed by atoms with E-state index in [-0.39, 0.29) is 12.1 Å². The van der Waals surface area contributed by atoms with E-state index in [1.165, 1.54) is 37.7 Å². The second kappa shape index (κ2) is 8.40. The average molecular weight is 276 g/mol. The number of hydrogen-bond acceptors (Lipinski definition) is 3. The first kappa shape index (κ1) is 15.5. The maximum Gasteiger partial charge on any atom is 0.0765 e. The van der Waals surface area contributed by atoms with E-state index < -0.39 is 0 Å². The number of hydrazine groups is 1. The molecule has 3 heteroatoms. The third-order valence-corrected chi connectivity index (χ3v) is 4.58. The lowest BCUT2D eigenvalue weighted by Crippen LogP contribution is -2.48. The predicted octanol–water partition coefficient (Wildman–Crippen LogP) is 3.05. The Morgan fingerprint density at radius 2 is 1.90 bits per heavy atom. The number of nitrogens with two attached hydrogens (primary N) is 1. The van der Waals surface area contributed by atoms with Crippen LogP contribution in [0, 0.1) is 5.92 Å². The van der Waals surface area contributed by atoms with Crippen LogP contribution in [0.5, 0.6) is 0 Å². The standard InChI is InChI=1S/C17H28N2O/c1-20-17(15-10-6-3-7-11-15)16(19-18)13-12-14-8-4-2-5-9-14/h2,4-5,8-9,15-17,19H,3,6-7,10-13,18H2,1H3. The van der Waals surface area contributed by atoms with Crippen molar-refractivity contribution >= 4 is 0 Å². The van der Waals surface area contributed by atoms with E-state index in [0.717, 1.165) is 12.8 Å². The van der Waals surface area contributed by atoms with Gasteiger partial charge < -0.3 is 4.74 Å². The Balaban J connectivity index is 1.91. The lowest BCUT2D eigenvalue weighted by molar-refractivity contribution is 0.00616. The summed E-state index contributed by atoms with van der Waals surface area (Å²) in [4.78, 5) is 0. The minimum Gasteiger partial charge on any atom is -0.379 e. The molecule has 1 aromatic rings. The topological polar surface area (TPSA) is 47.3 Å². The summed E-state index contributed by atoms with van der Waals surface area (Å²) >= 11 is 0. The maximum absolute atomic E-state index is 5.79. The van der Waals surface area contributed by atoms with Gasteiger partial charge in [0.2, 0.25) is 0 Å². The summed E-state index contributed by atoms with van der Waals surface area (Å²) in [5, 5.41) is 0. The van der Waals surface area contributed by atoms with Crippen LogP contribution in [-0.4, -0.2) is 19.3 Å². The molecule has 0 bridgehead atoms. The molecule has 1 aliphatic carbocycles. The van der Waals surface area contributed by atoms with E-state index in [0.29, 0.717) is 5.92 Å². The van der Waals surface area contributed by atoms with Gasteiger partial charge in [0.1, 0.15) is 0 Å². The van der Waals surface area contributed by atoms with Crippen LogP contribution >= 0.6 is 0 Å². The first-order chi connectivity index (χ1) is 9.85. The van der Waals surface area contributed by atoms with Gasteiger partial charge >= 0.3 is 0 Å². The molecule has 3 N–H and O–H groups in total. The van der Waals surface area contributed by atoms with Gasteiger partial charge in [-0.15, -0.1) is 0 Å². The molecule has 0 saturated heterocycles. The second-order valence-corrected chi connectivity index (χ2v) is 5.90. The van der Waals surface area contributed by atoms with E-state index >= 15 is 0 Å². The SMILES string of the molecule is COC(C1CCCCC1)C(CCc1ccccc1)NN. The van der Waals surface area contributed by atoms with Gasteiger partial charge in [-0.05, 0) is 37.2 Å². The molecule has 1 aromatic carbocycles. The molecule has 0 spiro atoms. The molecule has 2 atom stereocenters. The summed E-state index contributed by atoms with van der Waals surface area (Å²) in [6.45, 7) is 0. The number of rotatable bonds is 7. The highest BCUT2D eigenvalue weighted by Gasteiger charge is 2.29. The smallest absolute Gasteiger partial charge is 0.0765 e. The molecule has 1 fully saturated rings. The fraction of sp³-hybridized carbons (Fsp3) is 0.647. The Morgan fingerprint density at radius 3 is 2.50 bits per heavy atom. The van der Waals surface area contributed by atoms with Crippen LogP contribution in [0.15, 0.2) is 30.3 Å². The molecule has 1 aliphatic rings. The number of aryl methyl sites for hydroxylation is 1. The number of benzene rings is 1. The van der Waals surface area contributed by atoms with Crippen molar-refractivity contribution in [2.75, 3.05) is 7.11 Å². The van der Waals surface area contributed by atoms with Crippen molar-refractivity contribution in [1.29, 1.82) is 0 Å². The van der Waals surface area contributed by atoms with Gasteiger partial charge in [-0.1, -0.05) is 49.6 Å². The van der Waals surface area contributed by atoms with Crippen LogP contribution < -0.4 is 11.3 Å². The largest absolute Gasteiger partial charge is 0.379 e. The molecule has 2 rings (SSSR count). The lowest BCUT2D eigenvalue weighted by atomic mass is 9.81. The predicted molar refractivity (Wildman–Crippen MR) is 83.2 cm³/mol. The average Bonchev–Trinajstić information content (AvgIpc) is 2.53. The molecule has 112 valence electrons. The molecule has 0 amide bonds. The zero-order chi connectivity index (χ0) is 14.2. The molecule has 20 heavy (non-hydrogen) atoms. The Labute approximate surface area is 122 Å². The quantitative estimate of drug-likeness (QED) is 0.594. The summed E-state index contributed by atoms with van der Waals surface area (Å²) in [5.74, 6) is 6.45. The summed E-state index contributed by atoms with van der Waals surface area (Å²) in [6.07, 6.45) is 8.91. The summed E-state index contributed by atoms with van der Waals surface area (Å²) in [5.41, 5.74) is 4.36. The van der Waals surface area contributed by atoms with Crippen molar-refractivity contribution in [3.63, 3.8) is 0 Å². The van der Waals surface area contributed by atoms with Crippen LogP contribution in [0.25, 0.3) is 0 Å². The Kier molecular flexibility index (Phi) is 6.51. The van der Waals surface area contributed by atoms with Crippen molar-refractivity contribution < 1.29 is 4.74 Å². The van der Waals surface area contributed by atoms with Gasteiger partial charge in [0.25, 0.3) is 0 Å². The third kappa shape index (κ3) is 4.30. The Bertz CT molecular complexity index is 363. The first-order valence-electron chi connectivity index (χ1n) is 7.88. The van der Waals surface area contributed by atoms with Gasteiger partial charge in [0, 0.05) is 13.2 Å². The van der Waals surface area contributed by atoms with Gasteiger partial charge in [0.15, 0.2) is 0 Å². The van der Waals surface area contributed by atoms with Crippen LogP contribution in [0.4, 0.5) is 0 Å². The highest BCUT2D eigenvalue weighted by molar-refractivity contribution is 5.14. The lowest BCUT2D eigenvalue weighted by Gasteiger charge is -2.34. The van der Waals surface area contributed by atoms with Crippen molar-refractivity contribution in [2.45, 2.75) is 57.1 Å². The highest BCUT2D eigenvalue weighted by atomic mass is 16.5. The third-order valence-electron chi connectivity index (χ3n) is 4.58. The van der Waals surface area contributed by atoms with Crippen molar-refractivity contribution in [3.8, 4) is 0 Å². The molecule has 1 saturated carbocycles. The molecule has 0 aliphatic heterocycles. The van der Waals surface area contributed by atoms with Crippen LogP contribution in [0.2, 0.25) is 0 Å². The van der Waals surface area contributed by atoms with Gasteiger partial charge in [-0.25, -0.2) is 0 Å². The van der Waals surface area contributed by atoms with Gasteiger partial charge in [0.05, 0.1) is 6.10 Å². The van der Waals surface area contributed by atoms with Crippen molar-refractivity contribution in [3.05, 3.63) is 35.9 Å². The zero-order valence-corrected chi connectivity index (χ0v) is 12.6. The molecule has 2 unspecified atom stereocenters. The van der Waals surface area contributed by atoms with Crippen molar-refractivity contribution in [2.24, 2.45) is 11.8 Å². The van der Waals surface area contributed by atoms with Gasteiger partial charge in [-0.2, -0.15) is 0 Å². The molecule has 0 radical (unpaired) electrons. The second-order valence-electron chi connectivity index (χ2n) is 5.90. The Morgan fingerprint density at radius 1 is 1.20 bits per heavy atom. The Hall–Kier alpha value is -0.900. The van der Waals surface area contributed by atoms with Crippen LogP contribution in [0.3, 0.4) is 0 Å². The van der Waals surface area contributed by atoms with E-state index in [4.69, 9.17) is 10.6 Å². The summed E-state index contributed by atoms with van der Waals surface area (Å²) in [6, 6.07) is 10.8. The molecule has 3 nitrogen and oxygen atoms in total. The molecule has 0 heterocycles. The number of hydrogen-bond donors (Lipinski definition) is 2. The fourth-order valence-electron chi connectivity index (χ4n) is 3.46. The first-order valence-corrected chi connectivity index (χ1v) is 7.88. The van der Waals surface area contributed by atoms with Crippen LogP contribution in [-0.2, 0) is 11.2 Å². The van der Waals surface area contributed by atoms with E-state index in [1.54, 1.807) is 0 Å². The monoisotopic (exact) mass is 276 g/mol. The number of ether oxygens (including phenoxy) is 1. The maximum atomic E-state index is 5.79. The van der Waals surface area contributed by atoms with Crippen LogP contribution in [0.1, 0.15) is 44.1 Å². The van der Waals surface area contributed by atoms with E-state index in [2.05, 4.69) is 35.8 Å². The molecule has 0 aromatic heterocycles. The zero-order valence-electron chi connectivity index (χ0n) is 12.6. The van der Waals surface area contributed by atoms with Crippen molar-refractivity contribution in [1.82, 2.24) is 5.43 Å². The number of methoxy groups -OCH3 is 1. The number of nitrogens with one attached hydrogen (secondary N) is 1. The molecular formula is C17H28N2O. The van der Waals surface area contributed by atoms with Gasteiger partial charge in [-0.3, -0.25) is 11.3 Å². The summed E-state index contributed by atoms with van der Waals surface area (Å²) in [7, 11) is 1.83. The minimum absolute atomic E-state index is 0.239. The molecular weight excluding hydrogens is 248 g/mol. The summed E-state index contributed by atoms with van der Waals surface area (Å²) < 4.78 is 5.79. The fourth-order valence-corrected chi connectivity index (χ4v) is 3.46.